The highest BCUT2D eigenvalue weighted by Gasteiger charge is 2.22. The Morgan fingerprint density at radius 3 is 0.968 bits per heavy atom. The van der Waals surface area contributed by atoms with Gasteiger partial charge in [0.25, 0.3) is 0 Å². The van der Waals surface area contributed by atoms with E-state index in [2.05, 4.69) is 139 Å². The molecule has 0 radical (unpaired) electrons. The van der Waals surface area contributed by atoms with Crippen LogP contribution in [0.5, 0.6) is 0 Å². The van der Waals surface area contributed by atoms with E-state index in [1.165, 1.54) is 126 Å². The number of hydrogen-bond donors (Lipinski definition) is 0. The minimum absolute atomic E-state index is 1.03. The van der Waals surface area contributed by atoms with Gasteiger partial charge >= 0.3 is 0 Å². The Balaban J connectivity index is 0.876. The summed E-state index contributed by atoms with van der Waals surface area (Å²) in [6.45, 7) is 16.0. The molecule has 0 fully saturated rings. The maximum absolute atomic E-state index is 2.49. The molecule has 0 aliphatic heterocycles. The quantitative estimate of drug-likeness (QED) is 0.0960. The lowest BCUT2D eigenvalue weighted by Gasteiger charge is -1.97. The molecule has 0 spiro atoms. The fourth-order valence-corrected chi connectivity index (χ4v) is 20.5. The lowest BCUT2D eigenvalue weighted by Crippen LogP contribution is -1.78. The van der Waals surface area contributed by atoms with E-state index in [4.69, 9.17) is 0 Å². The maximum Gasteiger partial charge on any atom is 0.0481 e. The van der Waals surface area contributed by atoms with E-state index < -0.39 is 0 Å². The fraction of sp³-hybridized carbons (Fsp3) is 0.245. The number of hydrogen-bond acceptors (Lipinski definition) is 10. The summed E-state index contributed by atoms with van der Waals surface area (Å²) in [6, 6.07) is 33.3. The van der Waals surface area contributed by atoms with Gasteiger partial charge in [-0.15, -0.1) is 113 Å². The lowest BCUT2D eigenvalue weighted by atomic mass is 10.1. The van der Waals surface area contributed by atoms with Gasteiger partial charge in [-0.25, -0.2) is 0 Å². The molecule has 0 bridgehead atoms. The van der Waals surface area contributed by atoms with E-state index in [-0.39, 0.29) is 0 Å². The molecule has 320 valence electrons. The highest BCUT2D eigenvalue weighted by molar-refractivity contribution is 7.32. The zero-order valence-corrected chi connectivity index (χ0v) is 44.7. The highest BCUT2D eigenvalue weighted by atomic mass is 32.1. The Hall–Kier alpha value is -3.00. The molecular formula is C53H48S10. The van der Waals surface area contributed by atoms with Crippen molar-refractivity contribution in [1.82, 2.24) is 0 Å². The van der Waals surface area contributed by atoms with E-state index in [0.29, 0.717) is 0 Å². The lowest BCUT2D eigenvalue weighted by molar-refractivity contribution is 1.13. The van der Waals surface area contributed by atoms with Crippen LogP contribution in [0.3, 0.4) is 0 Å². The largest absolute Gasteiger partial charge is 0.143 e. The van der Waals surface area contributed by atoms with Crippen LogP contribution >= 0.6 is 113 Å². The van der Waals surface area contributed by atoms with Crippen LogP contribution in [0.25, 0.3) is 87.8 Å². The summed E-state index contributed by atoms with van der Waals surface area (Å²) < 4.78 is 0. The Morgan fingerprint density at radius 2 is 0.571 bits per heavy atom. The molecule has 0 saturated carbocycles. The third kappa shape index (κ3) is 8.41. The van der Waals surface area contributed by atoms with Gasteiger partial charge < -0.3 is 0 Å². The molecule has 0 aromatic carbocycles. The second-order valence-corrected chi connectivity index (χ2v) is 26.3. The predicted molar refractivity (Wildman–Crippen MR) is 295 cm³/mol. The first-order valence-corrected chi connectivity index (χ1v) is 30.1. The van der Waals surface area contributed by atoms with Crippen LogP contribution in [0.2, 0.25) is 0 Å². The molecule has 0 amide bonds. The number of aryl methyl sites for hydroxylation is 7. The van der Waals surface area contributed by atoms with Crippen molar-refractivity contribution in [1.29, 1.82) is 0 Å². The zero-order valence-electron chi connectivity index (χ0n) is 36.5. The van der Waals surface area contributed by atoms with E-state index in [1.54, 1.807) is 0 Å². The Labute approximate surface area is 412 Å². The van der Waals surface area contributed by atoms with Crippen LogP contribution in [0.1, 0.15) is 79.8 Å². The van der Waals surface area contributed by atoms with Gasteiger partial charge in [-0.05, 0) is 169 Å². The standard InChI is InChI=1S/C53H48S10/c1-8-30-22-23-54-49(30)46-27-34(12-5)50(62-46)42-20-18-40(58-42)38-16-14-36(56-38)37-15-17-39(57-37)41-19-21-43(59-41)51-35(13-6)28-48(63-51)53-33(11-4)26-45(61-53)44-25-32(10-3)52(60-44)47-24-31(9-2)29(7)55-47/h14-28H,8-13H2,1-7H3. The van der Waals surface area contributed by atoms with Crippen LogP contribution in [0, 0.1) is 6.92 Å². The monoisotopic (exact) mass is 1000 g/mol. The Morgan fingerprint density at radius 1 is 0.270 bits per heavy atom. The predicted octanol–water partition coefficient (Wildman–Crippen LogP) is 21.0. The summed E-state index contributed by atoms with van der Waals surface area (Å²) in [4.78, 5) is 26.7. The van der Waals surface area contributed by atoms with Crippen molar-refractivity contribution in [2.24, 2.45) is 0 Å². The molecule has 10 aromatic rings. The van der Waals surface area contributed by atoms with Gasteiger partial charge in [0.2, 0.25) is 0 Å². The first kappa shape index (κ1) is 43.9. The molecule has 63 heavy (non-hydrogen) atoms. The molecule has 0 saturated heterocycles. The summed E-state index contributed by atoms with van der Waals surface area (Å²) >= 11 is 19.5. The van der Waals surface area contributed by atoms with Gasteiger partial charge in [-0.2, -0.15) is 0 Å². The van der Waals surface area contributed by atoms with Gasteiger partial charge in [0.05, 0.1) is 0 Å². The average Bonchev–Trinajstić information content (AvgIpc) is 4.14. The molecular weight excluding hydrogens is 957 g/mol. The van der Waals surface area contributed by atoms with Crippen LogP contribution < -0.4 is 0 Å². The van der Waals surface area contributed by atoms with E-state index >= 15 is 0 Å². The summed E-state index contributed by atoms with van der Waals surface area (Å²) in [5, 5.41) is 2.24. The molecule has 10 heterocycles. The summed E-state index contributed by atoms with van der Waals surface area (Å²) in [6.07, 6.45) is 6.37. The van der Waals surface area contributed by atoms with Gasteiger partial charge in [0.1, 0.15) is 0 Å². The third-order valence-electron chi connectivity index (χ3n) is 11.8. The van der Waals surface area contributed by atoms with E-state index in [9.17, 15) is 0 Å². The van der Waals surface area contributed by atoms with Crippen LogP contribution in [0.4, 0.5) is 0 Å². The van der Waals surface area contributed by atoms with Crippen molar-refractivity contribution in [2.45, 2.75) is 87.0 Å². The van der Waals surface area contributed by atoms with E-state index in [0.717, 1.165) is 38.5 Å². The molecule has 10 aromatic heterocycles. The van der Waals surface area contributed by atoms with Crippen molar-refractivity contribution < 1.29 is 0 Å². The first-order chi connectivity index (χ1) is 30.8. The highest BCUT2D eigenvalue weighted by Crippen LogP contribution is 2.52. The van der Waals surface area contributed by atoms with Gasteiger partial charge in [0, 0.05) is 92.7 Å². The molecule has 0 unspecified atom stereocenters. The van der Waals surface area contributed by atoms with Gasteiger partial charge in [-0.1, -0.05) is 41.5 Å². The smallest absolute Gasteiger partial charge is 0.0481 e. The third-order valence-corrected chi connectivity index (χ3v) is 24.6. The second kappa shape index (κ2) is 18.7. The van der Waals surface area contributed by atoms with Crippen molar-refractivity contribution in [3.05, 3.63) is 129 Å². The van der Waals surface area contributed by atoms with Crippen molar-refractivity contribution in [3.8, 4) is 87.8 Å². The Bertz CT molecular complexity index is 3170. The normalized spacial score (nSPS) is 11.8. The van der Waals surface area contributed by atoms with Crippen molar-refractivity contribution >= 4 is 113 Å². The molecule has 0 N–H and O–H groups in total. The molecule has 0 nitrogen and oxygen atoms in total. The van der Waals surface area contributed by atoms with Gasteiger partial charge in [-0.3, -0.25) is 0 Å². The Kier molecular flexibility index (Phi) is 13.0. The zero-order chi connectivity index (χ0) is 43.4. The minimum Gasteiger partial charge on any atom is -0.143 e. The van der Waals surface area contributed by atoms with Crippen LogP contribution in [-0.4, -0.2) is 0 Å². The average molecular weight is 1010 g/mol. The number of thiophene rings is 10. The molecule has 0 aliphatic rings. The maximum atomic E-state index is 2.49. The van der Waals surface area contributed by atoms with Crippen LogP contribution in [0.15, 0.2) is 90.3 Å². The fourth-order valence-electron chi connectivity index (χ4n) is 8.27. The van der Waals surface area contributed by atoms with Crippen molar-refractivity contribution in [2.75, 3.05) is 0 Å². The summed E-state index contributed by atoms with van der Waals surface area (Å²) in [5.41, 5.74) is 8.82. The van der Waals surface area contributed by atoms with E-state index in [1.807, 2.05) is 113 Å². The SMILES string of the molecule is CCc1cc(-c2sc(-c3cc(CC)c(-c4cc(CC)c(-c5ccc(-c6ccc(-c7ccc(-c8ccc(-c9sc(-c%10sccc%10CC)cc9CC)s8)s7)s6)s5)s4)s3)cc2CC)sc1C. The van der Waals surface area contributed by atoms with Gasteiger partial charge in [0.15, 0.2) is 0 Å². The van der Waals surface area contributed by atoms with Crippen LogP contribution in [-0.2, 0) is 38.5 Å². The minimum atomic E-state index is 1.03. The topological polar surface area (TPSA) is 0 Å². The summed E-state index contributed by atoms with van der Waals surface area (Å²) in [5.74, 6) is 0. The first-order valence-electron chi connectivity index (χ1n) is 21.9. The molecule has 10 rings (SSSR count). The second-order valence-electron chi connectivity index (χ2n) is 15.6. The van der Waals surface area contributed by atoms with Crippen molar-refractivity contribution in [3.63, 3.8) is 0 Å². The molecule has 0 aliphatic carbocycles. The molecule has 0 atom stereocenters. The summed E-state index contributed by atoms with van der Waals surface area (Å²) in [7, 11) is 0. The molecule has 10 heteroatoms. The number of rotatable bonds is 15.